The molecule has 0 atom stereocenters. The zero-order valence-electron chi connectivity index (χ0n) is 4.00. The van der Waals surface area contributed by atoms with E-state index in [1.807, 2.05) is 0 Å². The van der Waals surface area contributed by atoms with E-state index in [1.54, 1.807) is 0 Å². The molecule has 4 heteroatoms. The molecule has 0 aliphatic rings. The Kier molecular flexibility index (Phi) is 2.83. The maximum absolute atomic E-state index is 9.47. The van der Waals surface area contributed by atoms with Crippen molar-refractivity contribution in [3.8, 4) is 0 Å². The third kappa shape index (κ3) is 5.07. The van der Waals surface area contributed by atoms with Crippen molar-refractivity contribution in [3.05, 3.63) is 10.1 Å². The Balaban J connectivity index is 3.14. The molecule has 0 rings (SSSR count). The topological polar surface area (TPSA) is 55.5 Å². The quantitative estimate of drug-likeness (QED) is 0.279. The first-order valence-electron chi connectivity index (χ1n) is 1.80. The highest BCUT2D eigenvalue weighted by atomic mass is 16.6. The van der Waals surface area contributed by atoms with Crippen molar-refractivity contribution in [3.63, 3.8) is 0 Å². The van der Waals surface area contributed by atoms with Gasteiger partial charge >= 0.3 is 0 Å². The highest BCUT2D eigenvalue weighted by Gasteiger charge is 1.84. The number of rotatable bonds is 2. The van der Waals surface area contributed by atoms with Crippen LogP contribution in [0.15, 0.2) is 4.99 Å². The molecule has 0 N–H and O–H groups in total. The monoisotopic (exact) mass is 102 g/mol. The highest BCUT2D eigenvalue weighted by molar-refractivity contribution is 5.57. The lowest BCUT2D eigenvalue weighted by Crippen LogP contribution is -2.00. The molecular weight excluding hydrogens is 96.0 g/mol. The van der Waals surface area contributed by atoms with E-state index < -0.39 is 4.92 Å². The van der Waals surface area contributed by atoms with Crippen LogP contribution in [-0.4, -0.2) is 24.7 Å². The molecule has 7 heavy (non-hydrogen) atoms. The van der Waals surface area contributed by atoms with E-state index in [2.05, 4.69) is 4.99 Å². The van der Waals surface area contributed by atoms with Gasteiger partial charge in [-0.05, 0) is 0 Å². The van der Waals surface area contributed by atoms with Gasteiger partial charge in [0.05, 0.1) is 6.21 Å². The second-order valence-electron chi connectivity index (χ2n) is 0.956. The SMILES string of the molecule is CN=CC[N+](=O)[O-]. The number of hydrogen-bond acceptors (Lipinski definition) is 3. The zero-order chi connectivity index (χ0) is 5.70. The summed E-state index contributed by atoms with van der Waals surface area (Å²) in [6.07, 6.45) is 1.25. The minimum atomic E-state index is -0.438. The maximum atomic E-state index is 9.47. The van der Waals surface area contributed by atoms with Gasteiger partial charge in [0.1, 0.15) is 0 Å². The second-order valence-corrected chi connectivity index (χ2v) is 0.956. The van der Waals surface area contributed by atoms with Gasteiger partial charge < -0.3 is 0 Å². The van der Waals surface area contributed by atoms with Crippen LogP contribution in [0.25, 0.3) is 0 Å². The first-order chi connectivity index (χ1) is 3.27. The van der Waals surface area contributed by atoms with Crippen LogP contribution in [0.5, 0.6) is 0 Å². The van der Waals surface area contributed by atoms with E-state index in [0.29, 0.717) is 0 Å². The summed E-state index contributed by atoms with van der Waals surface area (Å²) < 4.78 is 0. The smallest absolute Gasteiger partial charge is 0.238 e. The predicted molar refractivity (Wildman–Crippen MR) is 26.3 cm³/mol. The summed E-state index contributed by atoms with van der Waals surface area (Å²) in [4.78, 5) is 12.4. The van der Waals surface area contributed by atoms with Crippen molar-refractivity contribution >= 4 is 6.21 Å². The van der Waals surface area contributed by atoms with Gasteiger partial charge in [0.25, 0.3) is 0 Å². The van der Waals surface area contributed by atoms with Crippen molar-refractivity contribution in [1.82, 2.24) is 0 Å². The molecule has 0 fully saturated rings. The van der Waals surface area contributed by atoms with Crippen molar-refractivity contribution in [1.29, 1.82) is 0 Å². The average Bonchev–Trinajstić information content (AvgIpc) is 1.61. The van der Waals surface area contributed by atoms with Gasteiger partial charge in [-0.1, -0.05) is 0 Å². The lowest BCUT2D eigenvalue weighted by Gasteiger charge is -1.77. The lowest BCUT2D eigenvalue weighted by molar-refractivity contribution is -0.462. The van der Waals surface area contributed by atoms with Crippen LogP contribution in [0, 0.1) is 10.1 Å². The van der Waals surface area contributed by atoms with Gasteiger partial charge in [-0.2, -0.15) is 0 Å². The Labute approximate surface area is 41.0 Å². The summed E-state index contributed by atoms with van der Waals surface area (Å²) >= 11 is 0. The molecule has 0 aliphatic heterocycles. The van der Waals surface area contributed by atoms with E-state index in [4.69, 9.17) is 0 Å². The van der Waals surface area contributed by atoms with Crippen LogP contribution in [0.1, 0.15) is 0 Å². The molecule has 0 aromatic carbocycles. The van der Waals surface area contributed by atoms with Crippen LogP contribution >= 0.6 is 0 Å². The fourth-order valence-corrected chi connectivity index (χ4v) is 0.148. The Morgan fingerprint density at radius 2 is 2.57 bits per heavy atom. The Hall–Kier alpha value is -0.930. The molecule has 0 bridgehead atoms. The third-order valence-corrected chi connectivity index (χ3v) is 0.413. The van der Waals surface area contributed by atoms with Crippen molar-refractivity contribution in [2.24, 2.45) is 4.99 Å². The van der Waals surface area contributed by atoms with E-state index in [1.165, 1.54) is 13.3 Å². The van der Waals surface area contributed by atoms with E-state index in [9.17, 15) is 10.1 Å². The fraction of sp³-hybridized carbons (Fsp3) is 0.667. The molecule has 0 saturated heterocycles. The largest absolute Gasteiger partial charge is 0.294 e. The molecule has 0 aliphatic carbocycles. The number of nitrogens with zero attached hydrogens (tertiary/aromatic N) is 2. The van der Waals surface area contributed by atoms with Crippen LogP contribution < -0.4 is 0 Å². The molecule has 0 spiro atoms. The molecule has 4 nitrogen and oxygen atoms in total. The van der Waals surface area contributed by atoms with Crippen molar-refractivity contribution < 1.29 is 4.92 Å². The minimum absolute atomic E-state index is 0.170. The standard InChI is InChI=1S/C3H6N2O2/c1-4-2-3-5(6)7/h2H,3H2,1H3. The molecule has 0 aromatic rings. The summed E-state index contributed by atoms with van der Waals surface area (Å²) in [5.74, 6) is 0. The van der Waals surface area contributed by atoms with Gasteiger partial charge in [-0.3, -0.25) is 15.1 Å². The number of nitro groups is 1. The summed E-state index contributed by atoms with van der Waals surface area (Å²) in [5.41, 5.74) is 0. The highest BCUT2D eigenvalue weighted by Crippen LogP contribution is 1.60. The van der Waals surface area contributed by atoms with Gasteiger partial charge in [0.2, 0.25) is 6.54 Å². The molecule has 0 unspecified atom stereocenters. The van der Waals surface area contributed by atoms with Gasteiger partial charge in [-0.15, -0.1) is 0 Å². The van der Waals surface area contributed by atoms with Gasteiger partial charge in [-0.25, -0.2) is 0 Å². The third-order valence-electron chi connectivity index (χ3n) is 0.413. The molecule has 0 amide bonds. The molecule has 0 radical (unpaired) electrons. The Morgan fingerprint density at radius 1 is 2.00 bits per heavy atom. The van der Waals surface area contributed by atoms with E-state index in [-0.39, 0.29) is 6.54 Å². The Bertz CT molecular complexity index is 88.9. The zero-order valence-corrected chi connectivity index (χ0v) is 4.00. The summed E-state index contributed by atoms with van der Waals surface area (Å²) in [7, 11) is 1.50. The number of aliphatic imine (C=N–C) groups is 1. The number of hydrogen-bond donors (Lipinski definition) is 0. The van der Waals surface area contributed by atoms with Crippen molar-refractivity contribution in [2.75, 3.05) is 13.6 Å². The summed E-state index contributed by atoms with van der Waals surface area (Å²) in [6.45, 7) is -0.170. The first kappa shape index (κ1) is 6.07. The van der Waals surface area contributed by atoms with Gasteiger partial charge in [0.15, 0.2) is 0 Å². The van der Waals surface area contributed by atoms with Crippen LogP contribution in [0.4, 0.5) is 0 Å². The summed E-state index contributed by atoms with van der Waals surface area (Å²) in [5, 5.41) is 9.47. The lowest BCUT2D eigenvalue weighted by atomic mass is 10.7. The molecule has 0 saturated carbocycles. The van der Waals surface area contributed by atoms with Crippen LogP contribution in [0.3, 0.4) is 0 Å². The normalized spacial score (nSPS) is 9.86. The second kappa shape index (κ2) is 3.27. The van der Waals surface area contributed by atoms with Gasteiger partial charge in [0, 0.05) is 12.0 Å². The fourth-order valence-electron chi connectivity index (χ4n) is 0.148. The molecule has 40 valence electrons. The Morgan fingerprint density at radius 3 is 2.71 bits per heavy atom. The van der Waals surface area contributed by atoms with E-state index in [0.717, 1.165) is 0 Å². The summed E-state index contributed by atoms with van der Waals surface area (Å²) in [6, 6.07) is 0. The average molecular weight is 102 g/mol. The first-order valence-corrected chi connectivity index (χ1v) is 1.80. The van der Waals surface area contributed by atoms with Crippen molar-refractivity contribution in [2.45, 2.75) is 0 Å². The molecule has 0 heterocycles. The van der Waals surface area contributed by atoms with E-state index >= 15 is 0 Å². The molecule has 0 aromatic heterocycles. The molecular formula is C3H6N2O2. The van der Waals surface area contributed by atoms with Crippen LogP contribution in [0.2, 0.25) is 0 Å². The minimum Gasteiger partial charge on any atom is -0.294 e. The van der Waals surface area contributed by atoms with Crippen LogP contribution in [-0.2, 0) is 0 Å². The maximum Gasteiger partial charge on any atom is 0.238 e. The predicted octanol–water partition coefficient (Wildman–Crippen LogP) is -0.0363.